The highest BCUT2D eigenvalue weighted by atomic mass is 15.2. The molecule has 9 aromatic carbocycles. The highest BCUT2D eigenvalue weighted by Crippen LogP contribution is 2.42. The summed E-state index contributed by atoms with van der Waals surface area (Å²) in [6, 6.07) is 74.5. The number of fused-ring (bicyclic) bond motifs is 9. The van der Waals surface area contributed by atoms with Crippen molar-refractivity contribution in [1.29, 1.82) is 0 Å². The van der Waals surface area contributed by atoms with Crippen molar-refractivity contribution in [3.05, 3.63) is 212 Å². The first-order chi connectivity index (χ1) is 30.2. The summed E-state index contributed by atoms with van der Waals surface area (Å²) < 4.78 is 2.13. The molecule has 0 radical (unpaired) electrons. The van der Waals surface area contributed by atoms with Gasteiger partial charge in [-0.15, -0.1) is 0 Å². The van der Waals surface area contributed by atoms with Gasteiger partial charge in [-0.2, -0.15) is 5.10 Å². The van der Waals surface area contributed by atoms with E-state index in [1.54, 1.807) is 0 Å². The zero-order valence-corrected chi connectivity index (χ0v) is 32.9. The van der Waals surface area contributed by atoms with Crippen molar-refractivity contribution in [3.8, 4) is 67.8 Å². The topological polar surface area (TPSA) is 56.0 Å². The first-order valence-corrected chi connectivity index (χ1v) is 20.6. The van der Waals surface area contributed by atoms with Gasteiger partial charge in [-0.1, -0.05) is 200 Å². The second-order valence-corrected chi connectivity index (χ2v) is 15.4. The van der Waals surface area contributed by atoms with Gasteiger partial charge < -0.3 is 0 Å². The van der Waals surface area contributed by atoms with Gasteiger partial charge in [0.25, 0.3) is 0 Å². The van der Waals surface area contributed by atoms with Crippen LogP contribution in [0.3, 0.4) is 0 Å². The fourth-order valence-electron chi connectivity index (χ4n) is 8.96. The first kappa shape index (κ1) is 34.7. The number of rotatable bonds is 6. The zero-order valence-electron chi connectivity index (χ0n) is 32.9. The third-order valence-electron chi connectivity index (χ3n) is 11.8. The lowest BCUT2D eigenvalue weighted by atomic mass is 9.93. The van der Waals surface area contributed by atoms with Crippen molar-refractivity contribution in [1.82, 2.24) is 24.6 Å². The Bertz CT molecular complexity index is 3580. The molecule has 0 N–H and O–H groups in total. The number of aromatic nitrogens is 5. The molecule has 0 fully saturated rings. The Hall–Kier alpha value is -8.28. The van der Waals surface area contributed by atoms with E-state index in [1.807, 2.05) is 24.3 Å². The van der Waals surface area contributed by atoms with Gasteiger partial charge in [0.05, 0.1) is 11.2 Å². The predicted octanol–water partition coefficient (Wildman–Crippen LogP) is 14.1. The summed E-state index contributed by atoms with van der Waals surface area (Å²) in [7, 11) is 0. The van der Waals surface area contributed by atoms with Crippen LogP contribution in [0.5, 0.6) is 0 Å². The molecular formula is C56H35N5. The Morgan fingerprint density at radius 1 is 0.295 bits per heavy atom. The van der Waals surface area contributed by atoms with Crippen LogP contribution in [0, 0.1) is 0 Å². The smallest absolute Gasteiger partial charge is 0.164 e. The molecule has 0 spiro atoms. The summed E-state index contributed by atoms with van der Waals surface area (Å²) in [5.74, 6) is 1.86. The van der Waals surface area contributed by atoms with Crippen LogP contribution in [-0.2, 0) is 0 Å². The third-order valence-corrected chi connectivity index (χ3v) is 11.8. The van der Waals surface area contributed by atoms with Gasteiger partial charge in [0.15, 0.2) is 17.5 Å². The predicted molar refractivity (Wildman–Crippen MR) is 251 cm³/mol. The van der Waals surface area contributed by atoms with Gasteiger partial charge in [-0.05, 0) is 55.4 Å². The van der Waals surface area contributed by atoms with E-state index in [-0.39, 0.29) is 0 Å². The maximum absolute atomic E-state index is 5.40. The molecular weight excluding hydrogens is 743 g/mol. The minimum Gasteiger partial charge on any atom is -0.231 e. The summed E-state index contributed by atoms with van der Waals surface area (Å²) in [6.07, 6.45) is 0. The number of nitrogens with zero attached hydrogens (tertiary/aromatic N) is 5. The summed E-state index contributed by atoms with van der Waals surface area (Å²) in [4.78, 5) is 15.4. The van der Waals surface area contributed by atoms with E-state index in [0.717, 1.165) is 66.6 Å². The van der Waals surface area contributed by atoms with Crippen LogP contribution in [0.25, 0.3) is 116 Å². The highest BCUT2D eigenvalue weighted by Gasteiger charge is 2.22. The molecule has 0 unspecified atom stereocenters. The minimum absolute atomic E-state index is 0.611. The Kier molecular flexibility index (Phi) is 8.10. The van der Waals surface area contributed by atoms with Crippen LogP contribution in [0.1, 0.15) is 0 Å². The molecule has 0 atom stereocenters. The zero-order chi connectivity index (χ0) is 40.3. The summed E-state index contributed by atoms with van der Waals surface area (Å²) in [6.45, 7) is 0. The van der Waals surface area contributed by atoms with E-state index >= 15 is 0 Å². The van der Waals surface area contributed by atoms with Crippen LogP contribution in [0.15, 0.2) is 212 Å². The number of hydrogen-bond donors (Lipinski definition) is 0. The van der Waals surface area contributed by atoms with E-state index < -0.39 is 0 Å². The van der Waals surface area contributed by atoms with Crippen molar-refractivity contribution >= 4 is 48.6 Å². The fraction of sp³-hybridized carbons (Fsp3) is 0. The average molecular weight is 778 g/mol. The van der Waals surface area contributed by atoms with Crippen molar-refractivity contribution in [3.63, 3.8) is 0 Å². The van der Waals surface area contributed by atoms with Crippen molar-refractivity contribution in [2.75, 3.05) is 0 Å². The summed E-state index contributed by atoms with van der Waals surface area (Å²) >= 11 is 0. The quantitative estimate of drug-likeness (QED) is 0.158. The molecule has 0 aliphatic carbocycles. The van der Waals surface area contributed by atoms with Crippen molar-refractivity contribution < 1.29 is 0 Å². The summed E-state index contributed by atoms with van der Waals surface area (Å²) in [5, 5.41) is 15.0. The highest BCUT2D eigenvalue weighted by molar-refractivity contribution is 6.25. The molecule has 0 bridgehead atoms. The van der Waals surface area contributed by atoms with Gasteiger partial charge in [-0.3, -0.25) is 0 Å². The lowest BCUT2D eigenvalue weighted by Crippen LogP contribution is -2.00. The van der Waals surface area contributed by atoms with Crippen molar-refractivity contribution in [2.45, 2.75) is 0 Å². The molecule has 0 saturated heterocycles. The molecule has 12 rings (SSSR count). The number of hydrogen-bond acceptors (Lipinski definition) is 4. The SMILES string of the molecule is c1ccc(-c2nc(-c3ccc(-c4cc5ccccc5c5c(-c6ccccc6)c(-c6ccccc6)nn45)cc3)nc(-c3ccc4c5ccccc5c5ccccc5c4c3)n2)cc1. The molecule has 0 amide bonds. The molecule has 284 valence electrons. The van der Waals surface area contributed by atoms with Crippen LogP contribution in [-0.4, -0.2) is 24.6 Å². The van der Waals surface area contributed by atoms with Gasteiger partial charge in [0.1, 0.15) is 5.69 Å². The number of pyridine rings is 1. The first-order valence-electron chi connectivity index (χ1n) is 20.6. The molecule has 0 aliphatic rings. The maximum atomic E-state index is 5.40. The molecule has 12 aromatic rings. The van der Waals surface area contributed by atoms with Crippen LogP contribution in [0.4, 0.5) is 0 Å². The standard InChI is InChI=1S/C56H35N5/c1-4-16-37(17-5-1)51-52(38-18-6-2-7-19-38)60-61-50(35-41-22-10-11-23-43(41)53(51)61)36-28-30-40(31-29-36)55-57-54(39-20-8-3-9-21-39)58-56(59-55)42-32-33-48-46-26-13-12-24-44(46)45-25-14-15-27-47(45)49(48)34-42/h1-35H. The van der Waals surface area contributed by atoms with E-state index in [2.05, 4.69) is 193 Å². The van der Waals surface area contributed by atoms with Gasteiger partial charge >= 0.3 is 0 Å². The third kappa shape index (κ3) is 5.86. The maximum Gasteiger partial charge on any atom is 0.164 e. The fourth-order valence-corrected chi connectivity index (χ4v) is 8.96. The largest absolute Gasteiger partial charge is 0.231 e. The lowest BCUT2D eigenvalue weighted by molar-refractivity contribution is 0.979. The van der Waals surface area contributed by atoms with Gasteiger partial charge in [-0.25, -0.2) is 19.5 Å². The Labute approximate surface area is 351 Å². The van der Waals surface area contributed by atoms with E-state index in [1.165, 1.54) is 32.3 Å². The molecule has 3 heterocycles. The van der Waals surface area contributed by atoms with Gasteiger partial charge in [0.2, 0.25) is 0 Å². The molecule has 5 nitrogen and oxygen atoms in total. The second kappa shape index (κ2) is 14.2. The lowest BCUT2D eigenvalue weighted by Gasteiger charge is -2.13. The monoisotopic (exact) mass is 777 g/mol. The molecule has 61 heavy (non-hydrogen) atoms. The van der Waals surface area contributed by atoms with Crippen LogP contribution < -0.4 is 0 Å². The second-order valence-electron chi connectivity index (χ2n) is 15.4. The molecule has 0 saturated carbocycles. The normalized spacial score (nSPS) is 11.6. The van der Waals surface area contributed by atoms with Crippen LogP contribution in [0.2, 0.25) is 0 Å². The Morgan fingerprint density at radius 2 is 0.721 bits per heavy atom. The molecule has 5 heteroatoms. The van der Waals surface area contributed by atoms with E-state index in [4.69, 9.17) is 20.1 Å². The Balaban J connectivity index is 1.02. The average Bonchev–Trinajstić information content (AvgIpc) is 3.76. The molecule has 3 aromatic heterocycles. The van der Waals surface area contributed by atoms with Crippen molar-refractivity contribution in [2.24, 2.45) is 0 Å². The minimum atomic E-state index is 0.611. The van der Waals surface area contributed by atoms with Crippen LogP contribution >= 0.6 is 0 Å². The van der Waals surface area contributed by atoms with E-state index in [9.17, 15) is 0 Å². The van der Waals surface area contributed by atoms with E-state index in [0.29, 0.717) is 17.5 Å². The summed E-state index contributed by atoms with van der Waals surface area (Å²) in [5.41, 5.74) is 10.1. The number of benzene rings is 9. The molecule has 0 aliphatic heterocycles. The Morgan fingerprint density at radius 3 is 1.33 bits per heavy atom. The van der Waals surface area contributed by atoms with Gasteiger partial charge in [0, 0.05) is 38.8 Å².